The van der Waals surface area contributed by atoms with E-state index in [0.717, 1.165) is 0 Å². The van der Waals surface area contributed by atoms with Gasteiger partial charge in [-0.15, -0.1) is 0 Å². The molecular weight excluding hydrogens is 380 g/mol. The molecule has 1 amide bonds. The summed E-state index contributed by atoms with van der Waals surface area (Å²) in [5, 5.41) is 13.4. The molecule has 0 aromatic heterocycles. The first-order chi connectivity index (χ1) is 13.8. The summed E-state index contributed by atoms with van der Waals surface area (Å²) in [5.41, 5.74) is -0.116. The van der Waals surface area contributed by atoms with Crippen molar-refractivity contribution >= 4 is 23.3 Å². The van der Waals surface area contributed by atoms with Gasteiger partial charge in [0, 0.05) is 12.1 Å². The van der Waals surface area contributed by atoms with Crippen molar-refractivity contribution in [3.63, 3.8) is 0 Å². The van der Waals surface area contributed by atoms with Crippen molar-refractivity contribution in [2.24, 2.45) is 0 Å². The van der Waals surface area contributed by atoms with E-state index in [1.165, 1.54) is 32.2 Å². The molecule has 2 aromatic carbocycles. The van der Waals surface area contributed by atoms with E-state index in [9.17, 15) is 19.7 Å². The third-order valence-electron chi connectivity index (χ3n) is 3.97. The maximum absolute atomic E-state index is 12.4. The molecule has 1 N–H and O–H groups in total. The fourth-order valence-electron chi connectivity index (χ4n) is 2.41. The van der Waals surface area contributed by atoms with Gasteiger partial charge in [-0.25, -0.2) is 4.79 Å². The maximum Gasteiger partial charge on any atom is 0.348 e. The minimum Gasteiger partial charge on any atom is -0.495 e. The summed E-state index contributed by atoms with van der Waals surface area (Å²) in [5.74, 6) is -0.604. The van der Waals surface area contributed by atoms with E-state index >= 15 is 0 Å². The summed E-state index contributed by atoms with van der Waals surface area (Å²) >= 11 is 0. The highest BCUT2D eigenvalue weighted by atomic mass is 16.6. The van der Waals surface area contributed by atoms with Crippen molar-refractivity contribution in [1.82, 2.24) is 0 Å². The van der Waals surface area contributed by atoms with Gasteiger partial charge in [0.1, 0.15) is 11.5 Å². The molecular formula is C20H22N2O7. The van der Waals surface area contributed by atoms with Crippen LogP contribution in [0.25, 0.3) is 0 Å². The number of carbonyl (C=O) groups excluding carboxylic acids is 2. The number of nitrogens with one attached hydrogen (secondary N) is 1. The fraction of sp³-hybridized carbons (Fsp3) is 0.300. The fourth-order valence-corrected chi connectivity index (χ4v) is 2.41. The number of nitro groups is 1. The van der Waals surface area contributed by atoms with E-state index in [-0.39, 0.29) is 17.1 Å². The molecule has 0 bridgehead atoms. The van der Waals surface area contributed by atoms with Gasteiger partial charge in [0.25, 0.3) is 11.6 Å². The summed E-state index contributed by atoms with van der Waals surface area (Å²) < 4.78 is 15.9. The van der Waals surface area contributed by atoms with Crippen molar-refractivity contribution in [1.29, 1.82) is 0 Å². The SMILES string of the molecule is CC[C@H](Oc1ccccc1)C(=O)O[C@@H](C)C(=O)Nc1cc([N+](=O)[O-])ccc1OC. The lowest BCUT2D eigenvalue weighted by molar-refractivity contribution is -0.384. The number of benzene rings is 2. The Morgan fingerprint density at radius 1 is 1.17 bits per heavy atom. The third-order valence-corrected chi connectivity index (χ3v) is 3.97. The van der Waals surface area contributed by atoms with Gasteiger partial charge in [0.15, 0.2) is 12.2 Å². The highest BCUT2D eigenvalue weighted by molar-refractivity contribution is 5.96. The number of hydrogen-bond acceptors (Lipinski definition) is 7. The summed E-state index contributed by atoms with van der Waals surface area (Å²) in [6.45, 7) is 3.15. The van der Waals surface area contributed by atoms with Crippen LogP contribution in [0, 0.1) is 10.1 Å². The van der Waals surface area contributed by atoms with Crippen LogP contribution in [0.5, 0.6) is 11.5 Å². The number of nitro benzene ring substituents is 1. The van der Waals surface area contributed by atoms with Crippen LogP contribution in [0.15, 0.2) is 48.5 Å². The van der Waals surface area contributed by atoms with Gasteiger partial charge < -0.3 is 19.5 Å². The summed E-state index contributed by atoms with van der Waals surface area (Å²) in [6, 6.07) is 12.6. The number of anilines is 1. The smallest absolute Gasteiger partial charge is 0.348 e. The Labute approximate surface area is 167 Å². The van der Waals surface area contributed by atoms with E-state index in [4.69, 9.17) is 14.2 Å². The molecule has 0 spiro atoms. The molecule has 0 unspecified atom stereocenters. The lowest BCUT2D eigenvalue weighted by Crippen LogP contribution is -2.36. The quantitative estimate of drug-likeness (QED) is 0.388. The topological polar surface area (TPSA) is 117 Å². The van der Waals surface area contributed by atoms with Crippen LogP contribution in [0.1, 0.15) is 20.3 Å². The second-order valence-electron chi connectivity index (χ2n) is 6.04. The summed E-state index contributed by atoms with van der Waals surface area (Å²) in [4.78, 5) is 35.1. The van der Waals surface area contributed by atoms with Gasteiger partial charge in [-0.1, -0.05) is 25.1 Å². The van der Waals surface area contributed by atoms with Gasteiger partial charge in [-0.3, -0.25) is 14.9 Å². The van der Waals surface area contributed by atoms with Crippen LogP contribution in [0.2, 0.25) is 0 Å². The van der Waals surface area contributed by atoms with Crippen molar-refractivity contribution in [2.75, 3.05) is 12.4 Å². The number of para-hydroxylation sites is 1. The second kappa shape index (κ2) is 10.1. The number of rotatable bonds is 9. The van der Waals surface area contributed by atoms with Gasteiger partial charge in [-0.2, -0.15) is 0 Å². The molecule has 0 saturated carbocycles. The number of amides is 1. The van der Waals surface area contributed by atoms with Crippen LogP contribution in [-0.4, -0.2) is 36.1 Å². The Morgan fingerprint density at radius 2 is 1.86 bits per heavy atom. The third kappa shape index (κ3) is 5.93. The molecule has 2 rings (SSSR count). The lowest BCUT2D eigenvalue weighted by atomic mass is 10.2. The zero-order valence-electron chi connectivity index (χ0n) is 16.3. The number of non-ortho nitro benzene ring substituents is 1. The van der Waals surface area contributed by atoms with Gasteiger partial charge in [0.2, 0.25) is 0 Å². The number of methoxy groups -OCH3 is 1. The van der Waals surface area contributed by atoms with Crippen LogP contribution in [0.4, 0.5) is 11.4 Å². The molecule has 0 radical (unpaired) electrons. The predicted octanol–water partition coefficient (Wildman–Crippen LogP) is 3.33. The van der Waals surface area contributed by atoms with E-state index < -0.39 is 29.0 Å². The molecule has 0 heterocycles. The second-order valence-corrected chi connectivity index (χ2v) is 6.04. The van der Waals surface area contributed by atoms with Gasteiger partial charge in [-0.05, 0) is 31.5 Å². The van der Waals surface area contributed by atoms with E-state index in [0.29, 0.717) is 12.2 Å². The molecule has 0 aliphatic carbocycles. The maximum atomic E-state index is 12.4. The first kappa shape index (κ1) is 21.7. The van der Waals surface area contributed by atoms with E-state index in [2.05, 4.69) is 5.32 Å². The number of ether oxygens (including phenoxy) is 3. The molecule has 0 fully saturated rings. The van der Waals surface area contributed by atoms with Crippen LogP contribution >= 0.6 is 0 Å². The molecule has 2 aromatic rings. The molecule has 9 nitrogen and oxygen atoms in total. The molecule has 0 aliphatic rings. The Balaban J connectivity index is 2.03. The summed E-state index contributed by atoms with van der Waals surface area (Å²) in [6.07, 6.45) is -1.68. The lowest BCUT2D eigenvalue weighted by Gasteiger charge is -2.19. The standard InChI is InChI=1S/C20H22N2O7/c1-4-17(29-15-8-6-5-7-9-15)20(24)28-13(2)19(23)21-16-12-14(22(25)26)10-11-18(16)27-3/h5-13,17H,4H2,1-3H3,(H,21,23)/t13-,17-/m0/s1. The zero-order chi connectivity index (χ0) is 21.4. The predicted molar refractivity (Wildman–Crippen MR) is 105 cm³/mol. The largest absolute Gasteiger partial charge is 0.495 e. The average molecular weight is 402 g/mol. The monoisotopic (exact) mass is 402 g/mol. The number of nitrogens with zero attached hydrogens (tertiary/aromatic N) is 1. The van der Waals surface area contributed by atoms with Crippen molar-refractivity contribution in [3.8, 4) is 11.5 Å². The molecule has 0 aliphatic heterocycles. The minimum atomic E-state index is -1.15. The van der Waals surface area contributed by atoms with Crippen LogP contribution in [-0.2, 0) is 14.3 Å². The molecule has 29 heavy (non-hydrogen) atoms. The van der Waals surface area contributed by atoms with Crippen molar-refractivity contribution in [2.45, 2.75) is 32.5 Å². The summed E-state index contributed by atoms with van der Waals surface area (Å²) in [7, 11) is 1.37. The highest BCUT2D eigenvalue weighted by Crippen LogP contribution is 2.29. The number of esters is 1. The molecule has 2 atom stereocenters. The van der Waals surface area contributed by atoms with Crippen molar-refractivity contribution in [3.05, 3.63) is 58.6 Å². The Kier molecular flexibility index (Phi) is 7.53. The highest BCUT2D eigenvalue weighted by Gasteiger charge is 2.26. The molecule has 0 saturated heterocycles. The minimum absolute atomic E-state index is 0.0992. The number of hydrogen-bond donors (Lipinski definition) is 1. The zero-order valence-corrected chi connectivity index (χ0v) is 16.3. The van der Waals surface area contributed by atoms with Gasteiger partial charge in [0.05, 0.1) is 17.7 Å². The first-order valence-electron chi connectivity index (χ1n) is 8.91. The normalized spacial score (nSPS) is 12.4. The Bertz CT molecular complexity index is 870. The Morgan fingerprint density at radius 3 is 2.45 bits per heavy atom. The molecule has 154 valence electrons. The van der Waals surface area contributed by atoms with E-state index in [1.54, 1.807) is 31.2 Å². The van der Waals surface area contributed by atoms with Crippen LogP contribution in [0.3, 0.4) is 0 Å². The van der Waals surface area contributed by atoms with Crippen LogP contribution < -0.4 is 14.8 Å². The van der Waals surface area contributed by atoms with E-state index in [1.807, 2.05) is 6.07 Å². The molecule has 9 heteroatoms. The Hall–Kier alpha value is -3.62. The van der Waals surface area contributed by atoms with Crippen molar-refractivity contribution < 1.29 is 28.7 Å². The van der Waals surface area contributed by atoms with Gasteiger partial charge >= 0.3 is 5.97 Å². The first-order valence-corrected chi connectivity index (χ1v) is 8.91. The average Bonchev–Trinajstić information content (AvgIpc) is 2.72. The number of carbonyl (C=O) groups is 2.